The normalized spacial score (nSPS) is 37.0. The van der Waals surface area contributed by atoms with Crippen LogP contribution in [0.4, 0.5) is 13.6 Å². The first-order valence-electron chi connectivity index (χ1n) is 15.9. The van der Waals surface area contributed by atoms with Crippen molar-refractivity contribution in [1.29, 1.82) is 0 Å². The van der Waals surface area contributed by atoms with E-state index in [9.17, 15) is 24.3 Å². The van der Waals surface area contributed by atoms with E-state index in [1.54, 1.807) is 13.8 Å². The summed E-state index contributed by atoms with van der Waals surface area (Å²) in [6.45, 7) is 6.88. The summed E-state index contributed by atoms with van der Waals surface area (Å²) in [4.78, 5) is 51.6. The van der Waals surface area contributed by atoms with Crippen LogP contribution in [0.25, 0.3) is 0 Å². The third-order valence-corrected chi connectivity index (χ3v) is 11.7. The Hall–Kier alpha value is -3.43. The lowest BCUT2D eigenvalue weighted by atomic mass is 9.44. The number of hydrogen-bond donors (Lipinski definition) is 1. The molecule has 254 valence electrons. The summed E-state index contributed by atoms with van der Waals surface area (Å²) in [5, 5.41) is 11.2. The van der Waals surface area contributed by atoms with E-state index in [2.05, 4.69) is 11.8 Å². The first-order valence-corrected chi connectivity index (χ1v) is 16.9. The molecule has 9 nitrogen and oxygen atoms in total. The van der Waals surface area contributed by atoms with Gasteiger partial charge in [-0.2, -0.15) is 0 Å². The lowest BCUT2D eigenvalue weighted by Crippen LogP contribution is -2.70. The van der Waals surface area contributed by atoms with Crippen LogP contribution in [0.5, 0.6) is 0 Å². The van der Waals surface area contributed by atoms with Crippen LogP contribution < -0.4 is 0 Å². The maximum atomic E-state index is 17.7. The molecule has 1 heterocycles. The molecule has 3 saturated carbocycles. The zero-order valence-electron chi connectivity index (χ0n) is 26.9. The number of esters is 1. The quantitative estimate of drug-likeness (QED) is 0.201. The Morgan fingerprint density at radius 2 is 1.94 bits per heavy atom. The van der Waals surface area contributed by atoms with Gasteiger partial charge in [0.25, 0.3) is 0 Å². The number of carbonyl (C=O) groups excluding carboxylic acids is 4. The number of ether oxygens (including phenoxy) is 3. The molecule has 1 N–H and O–H groups in total. The first kappa shape index (κ1) is 34.9. The molecule has 4 aliphatic carbocycles. The standard InChI is InChI=1S/C35H40F2O9S/c1-5-6-13-44-31(42)45-14-7-8-16-47-30(41)35(46-29(40)27-10-9-15-43-27)21(2)17-23-24-19-26(36)25-18-22(38)11-12-32(25,3)34(24,37)28(39)20-33(23,35)4/h9-12,15,18,21,23-24,26,28,39H,5-6,13-14,16-17,19-20H2,1-4H3/t21-,23+,24+,26+,28+,32+,33+,34+,35+/m1/s1. The van der Waals surface area contributed by atoms with Crippen LogP contribution in [-0.4, -0.2) is 70.6 Å². The van der Waals surface area contributed by atoms with E-state index in [0.29, 0.717) is 6.42 Å². The molecule has 0 bridgehead atoms. The summed E-state index contributed by atoms with van der Waals surface area (Å²) in [7, 11) is 0. The lowest BCUT2D eigenvalue weighted by molar-refractivity contribution is -0.221. The summed E-state index contributed by atoms with van der Waals surface area (Å²) in [6, 6.07) is 2.90. The van der Waals surface area contributed by atoms with E-state index in [1.165, 1.54) is 37.5 Å². The lowest BCUT2D eigenvalue weighted by Gasteiger charge is -2.63. The number of halogens is 2. The SMILES string of the molecule is CCCCOC(=O)OCC#CCSC(=O)[C@@]1(OC(=O)c2ccco2)[C@H](C)C[C@H]2[C@@H]3C[C@H](F)C4=CC(=O)C=C[C@]4(C)[C@@]3(F)[C@@H](O)C[C@@]21C. The molecule has 4 aliphatic rings. The molecule has 0 amide bonds. The molecule has 0 saturated heterocycles. The van der Waals surface area contributed by atoms with E-state index in [-0.39, 0.29) is 49.6 Å². The van der Waals surface area contributed by atoms with Crippen molar-refractivity contribution in [2.24, 2.45) is 28.6 Å². The van der Waals surface area contributed by atoms with Crippen molar-refractivity contribution >= 4 is 34.8 Å². The summed E-state index contributed by atoms with van der Waals surface area (Å²) in [5.74, 6) is 1.49. The number of hydrogen-bond acceptors (Lipinski definition) is 10. The van der Waals surface area contributed by atoms with Crippen LogP contribution in [0.15, 0.2) is 46.6 Å². The summed E-state index contributed by atoms with van der Waals surface area (Å²) in [5.41, 5.74) is -7.14. The molecule has 0 unspecified atom stereocenters. The number of ketones is 1. The van der Waals surface area contributed by atoms with E-state index in [1.807, 2.05) is 6.92 Å². The highest BCUT2D eigenvalue weighted by Gasteiger charge is 2.78. The van der Waals surface area contributed by atoms with Crippen molar-refractivity contribution in [3.8, 4) is 11.8 Å². The minimum absolute atomic E-state index is 0.00336. The second-order valence-electron chi connectivity index (χ2n) is 13.3. The highest BCUT2D eigenvalue weighted by atomic mass is 32.2. The predicted molar refractivity (Wildman–Crippen MR) is 167 cm³/mol. The van der Waals surface area contributed by atoms with Gasteiger partial charge in [0.1, 0.15) is 6.17 Å². The number of aliphatic hydroxyl groups is 1. The van der Waals surface area contributed by atoms with Crippen LogP contribution in [0, 0.1) is 40.4 Å². The smallest absolute Gasteiger partial charge is 0.457 e. The van der Waals surface area contributed by atoms with E-state index in [0.717, 1.165) is 24.3 Å². The molecule has 0 aliphatic heterocycles. The number of furan rings is 1. The van der Waals surface area contributed by atoms with Crippen molar-refractivity contribution in [2.45, 2.75) is 83.3 Å². The molecule has 0 aromatic carbocycles. The molecule has 3 fully saturated rings. The van der Waals surface area contributed by atoms with Crippen molar-refractivity contribution in [2.75, 3.05) is 19.0 Å². The zero-order chi connectivity index (χ0) is 34.2. The molecule has 47 heavy (non-hydrogen) atoms. The second kappa shape index (κ2) is 13.2. The van der Waals surface area contributed by atoms with Gasteiger partial charge >= 0.3 is 12.1 Å². The number of allylic oxidation sites excluding steroid dienone is 4. The average molecular weight is 675 g/mol. The van der Waals surface area contributed by atoms with E-state index >= 15 is 8.78 Å². The Bertz CT molecular complexity index is 1530. The zero-order valence-corrected chi connectivity index (χ0v) is 27.7. The van der Waals surface area contributed by atoms with Crippen LogP contribution in [0.1, 0.15) is 70.4 Å². The highest BCUT2D eigenvalue weighted by molar-refractivity contribution is 8.14. The second-order valence-corrected chi connectivity index (χ2v) is 14.2. The summed E-state index contributed by atoms with van der Waals surface area (Å²) >= 11 is 0.794. The Morgan fingerprint density at radius 1 is 1.17 bits per heavy atom. The van der Waals surface area contributed by atoms with Gasteiger partial charge < -0.3 is 23.7 Å². The molecule has 1 aromatic rings. The maximum Gasteiger partial charge on any atom is 0.509 e. The Balaban J connectivity index is 1.44. The fourth-order valence-corrected chi connectivity index (χ4v) is 9.55. The first-order chi connectivity index (χ1) is 22.3. The minimum Gasteiger partial charge on any atom is -0.457 e. The van der Waals surface area contributed by atoms with Gasteiger partial charge in [-0.15, -0.1) is 0 Å². The third-order valence-electron chi connectivity index (χ3n) is 10.8. The van der Waals surface area contributed by atoms with Crippen LogP contribution in [-0.2, 0) is 23.8 Å². The molecule has 1 aromatic heterocycles. The Labute approximate surface area is 276 Å². The van der Waals surface area contributed by atoms with Crippen molar-refractivity contribution in [3.63, 3.8) is 0 Å². The van der Waals surface area contributed by atoms with Gasteiger partial charge in [-0.05, 0) is 68.4 Å². The fourth-order valence-electron chi connectivity index (χ4n) is 8.56. The number of unbranched alkanes of at least 4 members (excludes halogenated alkanes) is 1. The fraction of sp³-hybridized carbons (Fsp3) is 0.600. The number of thioether (sulfide) groups is 1. The molecule has 5 rings (SSSR count). The van der Waals surface area contributed by atoms with Crippen molar-refractivity contribution in [1.82, 2.24) is 0 Å². The number of aliphatic hydroxyl groups excluding tert-OH is 1. The molecule has 12 heteroatoms. The van der Waals surface area contributed by atoms with Gasteiger partial charge in [-0.25, -0.2) is 18.4 Å². The number of fused-ring (bicyclic) bond motifs is 5. The molecule has 0 spiro atoms. The summed E-state index contributed by atoms with van der Waals surface area (Å²) in [6.07, 6.45) is 1.98. The van der Waals surface area contributed by atoms with Gasteiger partial charge in [0, 0.05) is 22.7 Å². The van der Waals surface area contributed by atoms with Crippen LogP contribution >= 0.6 is 11.8 Å². The number of rotatable bonds is 8. The van der Waals surface area contributed by atoms with Gasteiger partial charge in [-0.1, -0.05) is 56.9 Å². The van der Waals surface area contributed by atoms with Crippen LogP contribution in [0.2, 0.25) is 0 Å². The Kier molecular flexibility index (Phi) is 9.82. The average Bonchev–Trinajstić information content (AvgIpc) is 3.64. The maximum absolute atomic E-state index is 17.7. The monoisotopic (exact) mass is 674 g/mol. The molecular formula is C35H40F2O9S. The van der Waals surface area contributed by atoms with Crippen molar-refractivity contribution < 1.29 is 51.7 Å². The largest absolute Gasteiger partial charge is 0.509 e. The molecule has 9 atom stereocenters. The van der Waals surface area contributed by atoms with E-state index < -0.39 is 75.2 Å². The number of alkyl halides is 2. The minimum atomic E-state index is -2.36. The van der Waals surface area contributed by atoms with Crippen LogP contribution in [0.3, 0.4) is 0 Å². The molecule has 0 radical (unpaired) electrons. The van der Waals surface area contributed by atoms with Gasteiger partial charge in [0.2, 0.25) is 10.9 Å². The van der Waals surface area contributed by atoms with Gasteiger partial charge in [0.15, 0.2) is 23.7 Å². The number of carbonyl (C=O) groups is 4. The topological polar surface area (TPSA) is 129 Å². The predicted octanol–water partition coefficient (Wildman–Crippen LogP) is 5.96. The highest BCUT2D eigenvalue weighted by Crippen LogP contribution is 2.72. The third kappa shape index (κ3) is 5.63. The van der Waals surface area contributed by atoms with Gasteiger partial charge in [0.05, 0.1) is 24.7 Å². The van der Waals surface area contributed by atoms with E-state index in [4.69, 9.17) is 18.6 Å². The van der Waals surface area contributed by atoms with Crippen molar-refractivity contribution in [3.05, 3.63) is 48.0 Å². The molecular weight excluding hydrogens is 634 g/mol. The Morgan fingerprint density at radius 3 is 2.64 bits per heavy atom. The van der Waals surface area contributed by atoms with Gasteiger partial charge in [-0.3, -0.25) is 9.59 Å². The summed E-state index contributed by atoms with van der Waals surface area (Å²) < 4.78 is 54.8.